The van der Waals surface area contributed by atoms with Gasteiger partial charge in [-0.05, 0) is 24.3 Å². The summed E-state index contributed by atoms with van der Waals surface area (Å²) in [5.74, 6) is -0.0227. The smallest absolute Gasteiger partial charge is 0.308 e. The second-order valence-corrected chi connectivity index (χ2v) is 5.10. The van der Waals surface area contributed by atoms with Crippen LogP contribution in [0.5, 0.6) is 0 Å². The van der Waals surface area contributed by atoms with Gasteiger partial charge in [0.1, 0.15) is 0 Å². The number of hydrogen-bond acceptors (Lipinski definition) is 4. The van der Waals surface area contributed by atoms with Crippen LogP contribution in [0.4, 0.5) is 0 Å². The van der Waals surface area contributed by atoms with Gasteiger partial charge in [0.25, 0.3) is 0 Å². The molecular formula is C17H26O4. The molecule has 0 aliphatic rings. The summed E-state index contributed by atoms with van der Waals surface area (Å²) in [5.41, 5.74) is 1.44. The first-order valence-corrected chi connectivity index (χ1v) is 7.28. The van der Waals surface area contributed by atoms with Crippen LogP contribution in [0.15, 0.2) is 30.3 Å². The van der Waals surface area contributed by atoms with Crippen molar-refractivity contribution in [2.75, 3.05) is 6.79 Å². The average molecular weight is 294 g/mol. The Labute approximate surface area is 127 Å². The normalized spacial score (nSPS) is 9.57. The topological polar surface area (TPSA) is 52.6 Å². The van der Waals surface area contributed by atoms with Crippen molar-refractivity contribution in [2.24, 2.45) is 5.92 Å². The van der Waals surface area contributed by atoms with Gasteiger partial charge >= 0.3 is 11.9 Å². The van der Waals surface area contributed by atoms with Crippen molar-refractivity contribution in [1.29, 1.82) is 0 Å². The third kappa shape index (κ3) is 12.9. The molecule has 0 atom stereocenters. The lowest BCUT2D eigenvalue weighted by Gasteiger charge is -2.02. The first-order chi connectivity index (χ1) is 9.95. The molecule has 0 saturated carbocycles. The maximum atomic E-state index is 10.6. The van der Waals surface area contributed by atoms with E-state index in [0.717, 1.165) is 12.3 Å². The third-order valence-corrected chi connectivity index (χ3v) is 2.42. The van der Waals surface area contributed by atoms with Crippen LogP contribution in [0.25, 0.3) is 0 Å². The van der Waals surface area contributed by atoms with Gasteiger partial charge in [-0.3, -0.25) is 9.59 Å². The third-order valence-electron chi connectivity index (χ3n) is 2.42. The zero-order valence-electron chi connectivity index (χ0n) is 13.4. The van der Waals surface area contributed by atoms with E-state index in [9.17, 15) is 9.59 Å². The van der Waals surface area contributed by atoms with Crippen LogP contribution in [0.3, 0.4) is 0 Å². The second kappa shape index (κ2) is 11.9. The highest BCUT2D eigenvalue weighted by atomic mass is 16.7. The Hall–Kier alpha value is -1.84. The van der Waals surface area contributed by atoms with Crippen molar-refractivity contribution in [3.05, 3.63) is 35.9 Å². The Kier molecular flexibility index (Phi) is 10.9. The molecule has 1 aromatic carbocycles. The van der Waals surface area contributed by atoms with E-state index < -0.39 is 5.97 Å². The standard InChI is InChI=1S/C10H14.C7H12O4/c1-9(2)8-10-6-4-3-5-7-10;1-3-4-7(9)11-5-10-6(2)8/h3-7,9H,8H2,1-2H3;3-5H2,1-2H3. The lowest BCUT2D eigenvalue weighted by Crippen LogP contribution is -2.09. The molecule has 0 amide bonds. The van der Waals surface area contributed by atoms with E-state index >= 15 is 0 Å². The highest BCUT2D eigenvalue weighted by Gasteiger charge is 2.00. The van der Waals surface area contributed by atoms with Crippen LogP contribution < -0.4 is 0 Å². The summed E-state index contributed by atoms with van der Waals surface area (Å²) in [7, 11) is 0. The van der Waals surface area contributed by atoms with Gasteiger partial charge in [-0.2, -0.15) is 0 Å². The fourth-order valence-electron chi connectivity index (χ4n) is 1.54. The predicted molar refractivity (Wildman–Crippen MR) is 82.6 cm³/mol. The number of ether oxygens (including phenoxy) is 2. The summed E-state index contributed by atoms with van der Waals surface area (Å²) < 4.78 is 8.89. The number of rotatable bonds is 6. The highest BCUT2D eigenvalue weighted by Crippen LogP contribution is 2.06. The number of carbonyl (C=O) groups excluding carboxylic acids is 2. The zero-order chi connectivity index (χ0) is 16.1. The molecule has 0 saturated heterocycles. The number of esters is 2. The van der Waals surface area contributed by atoms with Gasteiger partial charge in [0, 0.05) is 13.3 Å². The molecule has 0 unspecified atom stereocenters. The maximum absolute atomic E-state index is 10.6. The molecule has 1 rings (SSSR count). The molecule has 21 heavy (non-hydrogen) atoms. The van der Waals surface area contributed by atoms with Crippen LogP contribution in [0.1, 0.15) is 46.1 Å². The largest absolute Gasteiger partial charge is 0.428 e. The minimum Gasteiger partial charge on any atom is -0.428 e. The van der Waals surface area contributed by atoms with E-state index in [-0.39, 0.29) is 12.8 Å². The lowest BCUT2D eigenvalue weighted by molar-refractivity contribution is -0.165. The van der Waals surface area contributed by atoms with Crippen molar-refractivity contribution >= 4 is 11.9 Å². The minimum atomic E-state index is -0.450. The fraction of sp³-hybridized carbons (Fsp3) is 0.529. The summed E-state index contributed by atoms with van der Waals surface area (Å²) in [5, 5.41) is 0. The van der Waals surface area contributed by atoms with Crippen LogP contribution in [-0.4, -0.2) is 18.7 Å². The number of hydrogen-bond donors (Lipinski definition) is 0. The highest BCUT2D eigenvalue weighted by molar-refractivity contribution is 5.69. The van der Waals surface area contributed by atoms with E-state index in [0.29, 0.717) is 6.42 Å². The quantitative estimate of drug-likeness (QED) is 0.592. The minimum absolute atomic E-state index is 0.270. The van der Waals surface area contributed by atoms with Crippen LogP contribution in [0.2, 0.25) is 0 Å². The van der Waals surface area contributed by atoms with Crippen LogP contribution in [0, 0.1) is 5.92 Å². The molecule has 0 aliphatic heterocycles. The van der Waals surface area contributed by atoms with E-state index in [1.807, 2.05) is 6.92 Å². The van der Waals surface area contributed by atoms with Crippen LogP contribution in [-0.2, 0) is 25.5 Å². The first kappa shape index (κ1) is 19.2. The van der Waals surface area contributed by atoms with Gasteiger partial charge in [0.2, 0.25) is 6.79 Å². The molecule has 0 aliphatic carbocycles. The summed E-state index contributed by atoms with van der Waals surface area (Å²) in [4.78, 5) is 20.8. The van der Waals surface area contributed by atoms with Gasteiger partial charge < -0.3 is 9.47 Å². The Morgan fingerprint density at radius 1 is 1.10 bits per heavy atom. The van der Waals surface area contributed by atoms with Gasteiger partial charge in [-0.15, -0.1) is 0 Å². The van der Waals surface area contributed by atoms with Crippen molar-refractivity contribution in [3.8, 4) is 0 Å². The van der Waals surface area contributed by atoms with Crippen molar-refractivity contribution in [3.63, 3.8) is 0 Å². The van der Waals surface area contributed by atoms with E-state index in [1.54, 1.807) is 0 Å². The molecular weight excluding hydrogens is 268 g/mol. The number of benzene rings is 1. The molecule has 0 spiro atoms. The van der Waals surface area contributed by atoms with E-state index in [4.69, 9.17) is 0 Å². The molecule has 118 valence electrons. The molecule has 1 aromatic rings. The molecule has 0 N–H and O–H groups in total. The van der Waals surface area contributed by atoms with Gasteiger partial charge in [0.15, 0.2) is 0 Å². The summed E-state index contributed by atoms with van der Waals surface area (Å²) in [6, 6.07) is 10.6. The maximum Gasteiger partial charge on any atom is 0.308 e. The Morgan fingerprint density at radius 2 is 1.71 bits per heavy atom. The van der Waals surface area contributed by atoms with Crippen molar-refractivity contribution in [1.82, 2.24) is 0 Å². The zero-order valence-corrected chi connectivity index (χ0v) is 13.4. The molecule has 0 aromatic heterocycles. The molecule has 4 heteroatoms. The van der Waals surface area contributed by atoms with Crippen molar-refractivity contribution in [2.45, 2.75) is 47.0 Å². The Balaban J connectivity index is 0.000000382. The number of carbonyl (C=O) groups is 2. The lowest BCUT2D eigenvalue weighted by atomic mass is 10.0. The average Bonchev–Trinajstić information content (AvgIpc) is 2.39. The first-order valence-electron chi connectivity index (χ1n) is 7.28. The molecule has 0 bridgehead atoms. The molecule has 4 nitrogen and oxygen atoms in total. The summed E-state index contributed by atoms with van der Waals surface area (Å²) >= 11 is 0. The molecule has 0 fully saturated rings. The second-order valence-electron chi connectivity index (χ2n) is 5.10. The Morgan fingerprint density at radius 3 is 2.19 bits per heavy atom. The predicted octanol–water partition coefficient (Wildman–Crippen LogP) is 3.74. The molecule has 0 heterocycles. The molecule has 0 radical (unpaired) electrons. The van der Waals surface area contributed by atoms with Gasteiger partial charge in [-0.25, -0.2) is 0 Å². The monoisotopic (exact) mass is 294 g/mol. The van der Waals surface area contributed by atoms with E-state index in [1.165, 1.54) is 18.9 Å². The SMILES string of the molecule is CC(C)Cc1ccccc1.CCCC(=O)OCOC(C)=O. The summed E-state index contributed by atoms with van der Waals surface area (Å²) in [6.45, 7) is 7.34. The fourth-order valence-corrected chi connectivity index (χ4v) is 1.54. The van der Waals surface area contributed by atoms with E-state index in [2.05, 4.69) is 53.7 Å². The van der Waals surface area contributed by atoms with Crippen LogP contribution >= 0.6 is 0 Å². The van der Waals surface area contributed by atoms with Crippen molar-refractivity contribution < 1.29 is 19.1 Å². The Bertz CT molecular complexity index is 399. The summed E-state index contributed by atoms with van der Waals surface area (Å²) in [6.07, 6.45) is 2.29. The van der Waals surface area contributed by atoms with Gasteiger partial charge in [-0.1, -0.05) is 51.1 Å². The van der Waals surface area contributed by atoms with Gasteiger partial charge in [0.05, 0.1) is 0 Å².